The number of aromatic nitrogens is 3. The maximum absolute atomic E-state index is 12.6. The number of thioether (sulfide) groups is 1. The van der Waals surface area contributed by atoms with Crippen LogP contribution in [0.3, 0.4) is 0 Å². The Labute approximate surface area is 196 Å². The topological polar surface area (TPSA) is 92.2 Å². The zero-order chi connectivity index (χ0) is 23.3. The molecule has 168 valence electrons. The molecule has 8 nitrogen and oxygen atoms in total. The van der Waals surface area contributed by atoms with Crippen LogP contribution in [0, 0.1) is 0 Å². The maximum Gasteiger partial charge on any atom is 0.251 e. The van der Waals surface area contributed by atoms with E-state index in [4.69, 9.17) is 11.6 Å². The highest BCUT2D eigenvalue weighted by Gasteiger charge is 2.21. The number of carbonyl (C=O) groups is 2. The highest BCUT2D eigenvalue weighted by Crippen LogP contribution is 2.27. The minimum absolute atomic E-state index is 0.00815. The van der Waals surface area contributed by atoms with Crippen molar-refractivity contribution in [1.82, 2.24) is 25.0 Å². The second-order valence-electron chi connectivity index (χ2n) is 7.29. The molecule has 1 atom stereocenters. The van der Waals surface area contributed by atoms with E-state index in [9.17, 15) is 9.59 Å². The molecule has 0 radical (unpaired) electrons. The van der Waals surface area contributed by atoms with E-state index in [2.05, 4.69) is 20.8 Å². The first kappa shape index (κ1) is 23.8. The van der Waals surface area contributed by atoms with Crippen molar-refractivity contribution in [3.8, 4) is 5.69 Å². The van der Waals surface area contributed by atoms with Gasteiger partial charge in [0.05, 0.1) is 11.8 Å². The molecule has 2 amide bonds. The maximum atomic E-state index is 12.6. The Kier molecular flexibility index (Phi) is 7.89. The molecule has 10 heteroatoms. The number of nitrogens with one attached hydrogen (secondary N) is 2. The standard InChI is InChI=1S/C22H25ClN6O2S/c1-14(28(3)4)20-26-27-22(29(20)18-10-8-16(23)9-11-18)32-13-19(30)25-17-7-5-6-15(12-17)21(31)24-2/h5-12,14H,13H2,1-4H3,(H,24,31)(H,25,30). The predicted molar refractivity (Wildman–Crippen MR) is 128 cm³/mol. The van der Waals surface area contributed by atoms with E-state index in [-0.39, 0.29) is 23.6 Å². The number of hydrogen-bond donors (Lipinski definition) is 2. The summed E-state index contributed by atoms with van der Waals surface area (Å²) in [5, 5.41) is 15.3. The van der Waals surface area contributed by atoms with E-state index >= 15 is 0 Å². The highest BCUT2D eigenvalue weighted by atomic mass is 35.5. The molecule has 0 fully saturated rings. The van der Waals surface area contributed by atoms with Crippen molar-refractivity contribution >= 4 is 40.9 Å². The SMILES string of the molecule is CNC(=O)c1cccc(NC(=O)CSc2nnc(C(C)N(C)C)n2-c2ccc(Cl)cc2)c1. The van der Waals surface area contributed by atoms with Crippen molar-refractivity contribution in [1.29, 1.82) is 0 Å². The first-order valence-electron chi connectivity index (χ1n) is 9.92. The lowest BCUT2D eigenvalue weighted by Gasteiger charge is -2.20. The monoisotopic (exact) mass is 472 g/mol. The average molecular weight is 473 g/mol. The first-order valence-corrected chi connectivity index (χ1v) is 11.3. The summed E-state index contributed by atoms with van der Waals surface area (Å²) >= 11 is 7.34. The molecule has 0 bridgehead atoms. The van der Waals surface area contributed by atoms with Crippen molar-refractivity contribution in [2.24, 2.45) is 0 Å². The molecule has 0 spiro atoms. The van der Waals surface area contributed by atoms with Gasteiger partial charge in [-0.2, -0.15) is 0 Å². The first-order chi connectivity index (χ1) is 15.3. The molecule has 32 heavy (non-hydrogen) atoms. The van der Waals surface area contributed by atoms with Crippen molar-refractivity contribution in [3.05, 3.63) is 64.9 Å². The number of halogens is 1. The molecular weight excluding hydrogens is 448 g/mol. The third-order valence-electron chi connectivity index (χ3n) is 4.86. The van der Waals surface area contributed by atoms with Crippen LogP contribution in [0.2, 0.25) is 5.02 Å². The lowest BCUT2D eigenvalue weighted by Crippen LogP contribution is -2.21. The van der Waals surface area contributed by atoms with Gasteiger partial charge in [-0.05, 0) is 63.5 Å². The van der Waals surface area contributed by atoms with Crippen LogP contribution in [0.4, 0.5) is 5.69 Å². The fraction of sp³-hybridized carbons (Fsp3) is 0.273. The molecule has 0 aliphatic rings. The van der Waals surface area contributed by atoms with Gasteiger partial charge in [0, 0.05) is 29.0 Å². The minimum Gasteiger partial charge on any atom is -0.355 e. The molecule has 3 aromatic rings. The normalized spacial score (nSPS) is 11.9. The number of rotatable bonds is 8. The molecule has 0 saturated carbocycles. The van der Waals surface area contributed by atoms with Gasteiger partial charge in [-0.15, -0.1) is 10.2 Å². The van der Waals surface area contributed by atoms with Gasteiger partial charge in [-0.1, -0.05) is 29.4 Å². The Bertz CT molecular complexity index is 1100. The number of anilines is 1. The van der Waals surface area contributed by atoms with Crippen molar-refractivity contribution in [2.45, 2.75) is 18.1 Å². The lowest BCUT2D eigenvalue weighted by molar-refractivity contribution is -0.113. The molecular formula is C22H25ClN6O2S. The van der Waals surface area contributed by atoms with Gasteiger partial charge in [-0.25, -0.2) is 0 Å². The van der Waals surface area contributed by atoms with Gasteiger partial charge in [0.25, 0.3) is 5.91 Å². The Morgan fingerprint density at radius 1 is 1.16 bits per heavy atom. The summed E-state index contributed by atoms with van der Waals surface area (Å²) in [5.41, 5.74) is 1.89. The van der Waals surface area contributed by atoms with Gasteiger partial charge in [0.1, 0.15) is 0 Å². The second-order valence-corrected chi connectivity index (χ2v) is 8.67. The zero-order valence-electron chi connectivity index (χ0n) is 18.3. The van der Waals surface area contributed by atoms with Gasteiger partial charge in [-0.3, -0.25) is 19.1 Å². The van der Waals surface area contributed by atoms with Crippen LogP contribution in [0.5, 0.6) is 0 Å². The van der Waals surface area contributed by atoms with Crippen LogP contribution in [-0.4, -0.2) is 58.4 Å². The van der Waals surface area contributed by atoms with Crippen LogP contribution in [0.15, 0.2) is 53.7 Å². The van der Waals surface area contributed by atoms with E-state index in [1.54, 1.807) is 31.3 Å². The highest BCUT2D eigenvalue weighted by molar-refractivity contribution is 7.99. The molecule has 0 saturated heterocycles. The van der Waals surface area contributed by atoms with Crippen LogP contribution in [0.1, 0.15) is 29.1 Å². The summed E-state index contributed by atoms with van der Waals surface area (Å²) in [6, 6.07) is 14.2. The van der Waals surface area contributed by atoms with Crippen LogP contribution in [0.25, 0.3) is 5.69 Å². The molecule has 3 rings (SSSR count). The Morgan fingerprint density at radius 2 is 1.88 bits per heavy atom. The Hall–Kier alpha value is -2.88. The number of hydrogen-bond acceptors (Lipinski definition) is 6. The Balaban J connectivity index is 1.78. The lowest BCUT2D eigenvalue weighted by atomic mass is 10.2. The van der Waals surface area contributed by atoms with Crippen molar-refractivity contribution in [2.75, 3.05) is 32.2 Å². The van der Waals surface area contributed by atoms with E-state index in [1.807, 2.05) is 54.8 Å². The molecule has 1 heterocycles. The Morgan fingerprint density at radius 3 is 2.53 bits per heavy atom. The van der Waals surface area contributed by atoms with E-state index in [0.717, 1.165) is 11.5 Å². The van der Waals surface area contributed by atoms with Crippen LogP contribution < -0.4 is 10.6 Å². The average Bonchev–Trinajstić information content (AvgIpc) is 3.21. The summed E-state index contributed by atoms with van der Waals surface area (Å²) in [6.07, 6.45) is 0. The summed E-state index contributed by atoms with van der Waals surface area (Å²) < 4.78 is 1.94. The summed E-state index contributed by atoms with van der Waals surface area (Å²) in [5.74, 6) is 0.469. The summed E-state index contributed by atoms with van der Waals surface area (Å²) in [6.45, 7) is 2.04. The van der Waals surface area contributed by atoms with Gasteiger partial charge in [0.15, 0.2) is 11.0 Å². The van der Waals surface area contributed by atoms with Crippen molar-refractivity contribution < 1.29 is 9.59 Å². The largest absolute Gasteiger partial charge is 0.355 e. The predicted octanol–water partition coefficient (Wildman–Crippen LogP) is 3.63. The number of amides is 2. The molecule has 0 aliphatic heterocycles. The fourth-order valence-corrected chi connectivity index (χ4v) is 3.80. The van der Waals surface area contributed by atoms with Gasteiger partial charge in [0.2, 0.25) is 5.91 Å². The van der Waals surface area contributed by atoms with E-state index < -0.39 is 0 Å². The van der Waals surface area contributed by atoms with Gasteiger partial charge >= 0.3 is 0 Å². The number of nitrogens with zero attached hydrogens (tertiary/aromatic N) is 4. The molecule has 2 N–H and O–H groups in total. The van der Waals surface area contributed by atoms with Gasteiger partial charge < -0.3 is 10.6 Å². The number of carbonyl (C=O) groups excluding carboxylic acids is 2. The molecule has 0 aliphatic carbocycles. The van der Waals surface area contributed by atoms with Crippen molar-refractivity contribution in [3.63, 3.8) is 0 Å². The minimum atomic E-state index is -0.214. The fourth-order valence-electron chi connectivity index (χ4n) is 2.92. The van der Waals surface area contributed by atoms with Crippen LogP contribution >= 0.6 is 23.4 Å². The third-order valence-corrected chi connectivity index (χ3v) is 6.04. The summed E-state index contributed by atoms with van der Waals surface area (Å²) in [4.78, 5) is 26.4. The zero-order valence-corrected chi connectivity index (χ0v) is 19.9. The molecule has 2 aromatic carbocycles. The molecule has 1 unspecified atom stereocenters. The van der Waals surface area contributed by atoms with E-state index in [0.29, 0.717) is 21.4 Å². The second kappa shape index (κ2) is 10.6. The summed E-state index contributed by atoms with van der Waals surface area (Å²) in [7, 11) is 5.50. The quantitative estimate of drug-likeness (QED) is 0.486. The third kappa shape index (κ3) is 5.67. The van der Waals surface area contributed by atoms with E-state index in [1.165, 1.54) is 11.8 Å². The number of benzene rings is 2. The van der Waals surface area contributed by atoms with Crippen LogP contribution in [-0.2, 0) is 4.79 Å². The molecule has 1 aromatic heterocycles. The smallest absolute Gasteiger partial charge is 0.251 e.